The molecule has 0 aliphatic heterocycles. The van der Waals surface area contributed by atoms with Crippen LogP contribution in [0.2, 0.25) is 0 Å². The number of carbonyl (C=O) groups excluding carboxylic acids is 1. The lowest BCUT2D eigenvalue weighted by molar-refractivity contribution is 0.102. The van der Waals surface area contributed by atoms with Gasteiger partial charge in [-0.1, -0.05) is 0 Å². The molecule has 2 aromatic rings. The quantitative estimate of drug-likeness (QED) is 0.749. The molecule has 2 rings (SSSR count). The highest BCUT2D eigenvalue weighted by atomic mass is 79.9. The van der Waals surface area contributed by atoms with Crippen LogP contribution in [0.3, 0.4) is 0 Å². The van der Waals surface area contributed by atoms with Crippen molar-refractivity contribution < 1.29 is 4.79 Å². The maximum absolute atomic E-state index is 11.9. The fourth-order valence-electron chi connectivity index (χ4n) is 1.20. The lowest BCUT2D eigenvalue weighted by atomic mass is 10.3. The van der Waals surface area contributed by atoms with Crippen LogP contribution in [-0.4, -0.2) is 16.1 Å². The first-order valence-corrected chi connectivity index (χ1v) is 6.96. The highest BCUT2D eigenvalue weighted by Gasteiger charge is 2.16. The van der Waals surface area contributed by atoms with Crippen molar-refractivity contribution in [2.75, 3.05) is 11.1 Å². The number of aromatic nitrogens is 2. The van der Waals surface area contributed by atoms with E-state index in [1.165, 1.54) is 11.3 Å². The summed E-state index contributed by atoms with van der Waals surface area (Å²) >= 11 is 8.07. The van der Waals surface area contributed by atoms with Gasteiger partial charge in [-0.2, -0.15) is 5.10 Å². The first-order chi connectivity index (χ1) is 7.99. The van der Waals surface area contributed by atoms with Gasteiger partial charge in [-0.25, -0.2) is 0 Å². The Morgan fingerprint density at radius 2 is 2.29 bits per heavy atom. The number of nitrogen functional groups attached to an aromatic ring is 1. The molecule has 2 heterocycles. The molecule has 0 bridgehead atoms. The normalized spacial score (nSPS) is 10.5. The van der Waals surface area contributed by atoms with E-state index in [9.17, 15) is 4.79 Å². The van der Waals surface area contributed by atoms with Crippen molar-refractivity contribution >= 4 is 60.6 Å². The molecule has 0 saturated heterocycles. The lowest BCUT2D eigenvalue weighted by Gasteiger charge is -2.01. The summed E-state index contributed by atoms with van der Waals surface area (Å²) in [5, 5.41) is 9.27. The molecule has 0 aliphatic rings. The Morgan fingerprint density at radius 1 is 1.59 bits per heavy atom. The van der Waals surface area contributed by atoms with E-state index in [1.807, 2.05) is 0 Å². The Kier molecular flexibility index (Phi) is 3.55. The zero-order valence-electron chi connectivity index (χ0n) is 8.67. The van der Waals surface area contributed by atoms with Crippen LogP contribution in [0, 0.1) is 6.92 Å². The van der Waals surface area contributed by atoms with Gasteiger partial charge in [0.2, 0.25) is 0 Å². The topological polar surface area (TPSA) is 83.8 Å². The van der Waals surface area contributed by atoms with Gasteiger partial charge in [0, 0.05) is 0 Å². The van der Waals surface area contributed by atoms with E-state index in [2.05, 4.69) is 47.4 Å². The molecule has 0 radical (unpaired) electrons. The number of carbonyl (C=O) groups is 1. The molecule has 17 heavy (non-hydrogen) atoms. The smallest absolute Gasteiger partial charge is 0.258 e. The number of hydrogen-bond donors (Lipinski definition) is 3. The van der Waals surface area contributed by atoms with Crippen molar-refractivity contribution in [3.05, 3.63) is 24.9 Å². The highest BCUT2D eigenvalue weighted by molar-refractivity contribution is 9.12. The second kappa shape index (κ2) is 4.79. The van der Waals surface area contributed by atoms with Crippen molar-refractivity contribution in [1.82, 2.24) is 10.2 Å². The summed E-state index contributed by atoms with van der Waals surface area (Å²) in [5.41, 5.74) is 7.46. The number of anilines is 2. The van der Waals surface area contributed by atoms with Crippen molar-refractivity contribution in [2.24, 2.45) is 0 Å². The molecule has 2 aromatic heterocycles. The molecule has 1 amide bonds. The number of nitrogens with one attached hydrogen (secondary N) is 2. The van der Waals surface area contributed by atoms with Crippen molar-refractivity contribution in [2.45, 2.75) is 6.92 Å². The summed E-state index contributed by atoms with van der Waals surface area (Å²) in [7, 11) is 0. The van der Waals surface area contributed by atoms with E-state index in [0.29, 0.717) is 17.1 Å². The Balaban J connectivity index is 2.23. The standard InChI is InChI=1S/C9H8Br2N4OS/c1-3-6(12)8(15-14-3)13-9(16)4-2-5(10)17-7(4)11/h2H,12H2,1H3,(H2,13,14,15,16). The summed E-state index contributed by atoms with van der Waals surface area (Å²) in [4.78, 5) is 11.9. The zero-order valence-corrected chi connectivity index (χ0v) is 12.7. The van der Waals surface area contributed by atoms with Crippen molar-refractivity contribution in [3.63, 3.8) is 0 Å². The molecule has 0 aliphatic carbocycles. The number of thiophene rings is 1. The van der Waals surface area contributed by atoms with Gasteiger partial charge in [-0.05, 0) is 44.8 Å². The largest absolute Gasteiger partial charge is 0.394 e. The first kappa shape index (κ1) is 12.6. The molecule has 0 unspecified atom stereocenters. The van der Waals surface area contributed by atoms with Gasteiger partial charge in [0.15, 0.2) is 5.82 Å². The maximum Gasteiger partial charge on any atom is 0.258 e. The predicted octanol–water partition coefficient (Wildman–Crippen LogP) is 3.14. The number of aryl methyl sites for hydroxylation is 1. The van der Waals surface area contributed by atoms with Crippen LogP contribution in [-0.2, 0) is 0 Å². The minimum atomic E-state index is -0.253. The van der Waals surface area contributed by atoms with Crippen LogP contribution in [0.15, 0.2) is 13.6 Å². The molecule has 90 valence electrons. The van der Waals surface area contributed by atoms with Gasteiger partial charge in [0.1, 0.15) is 0 Å². The fraction of sp³-hybridized carbons (Fsp3) is 0.111. The van der Waals surface area contributed by atoms with E-state index >= 15 is 0 Å². The van der Waals surface area contributed by atoms with Crippen molar-refractivity contribution in [1.29, 1.82) is 0 Å². The lowest BCUT2D eigenvalue weighted by Crippen LogP contribution is -2.12. The second-order valence-corrected chi connectivity index (χ2v) is 7.05. The summed E-state index contributed by atoms with van der Waals surface area (Å²) in [6.45, 7) is 1.79. The van der Waals surface area contributed by atoms with Gasteiger partial charge in [0.05, 0.1) is 24.5 Å². The number of hydrogen-bond acceptors (Lipinski definition) is 4. The average Bonchev–Trinajstić information content (AvgIpc) is 2.75. The summed E-state index contributed by atoms with van der Waals surface area (Å²) in [5.74, 6) is 0.0961. The highest BCUT2D eigenvalue weighted by Crippen LogP contribution is 2.32. The predicted molar refractivity (Wildman–Crippen MR) is 75.4 cm³/mol. The van der Waals surface area contributed by atoms with Crippen LogP contribution in [0.1, 0.15) is 16.1 Å². The molecule has 0 saturated carbocycles. The number of aromatic amines is 1. The van der Waals surface area contributed by atoms with Crippen molar-refractivity contribution in [3.8, 4) is 0 Å². The molecular weight excluding hydrogens is 372 g/mol. The SMILES string of the molecule is Cc1[nH]nc(NC(=O)c2cc(Br)sc2Br)c1N. The summed E-state index contributed by atoms with van der Waals surface area (Å²) in [6.07, 6.45) is 0. The Morgan fingerprint density at radius 3 is 2.76 bits per heavy atom. The van der Waals surface area contributed by atoms with Gasteiger partial charge in [0.25, 0.3) is 5.91 Å². The fourth-order valence-corrected chi connectivity index (χ4v) is 4.00. The molecule has 5 nitrogen and oxygen atoms in total. The zero-order chi connectivity index (χ0) is 12.6. The molecule has 0 aromatic carbocycles. The maximum atomic E-state index is 11.9. The van der Waals surface area contributed by atoms with Gasteiger partial charge < -0.3 is 11.1 Å². The van der Waals surface area contributed by atoms with Crippen LogP contribution in [0.5, 0.6) is 0 Å². The Bertz CT molecular complexity index is 578. The van der Waals surface area contributed by atoms with Crippen LogP contribution in [0.25, 0.3) is 0 Å². The number of H-pyrrole nitrogens is 1. The van der Waals surface area contributed by atoms with Gasteiger partial charge >= 0.3 is 0 Å². The number of halogens is 2. The minimum Gasteiger partial charge on any atom is -0.394 e. The van der Waals surface area contributed by atoms with Crippen LogP contribution < -0.4 is 11.1 Å². The monoisotopic (exact) mass is 378 g/mol. The van der Waals surface area contributed by atoms with E-state index in [4.69, 9.17) is 5.73 Å². The molecule has 4 N–H and O–H groups in total. The van der Waals surface area contributed by atoms with E-state index in [1.54, 1.807) is 13.0 Å². The third kappa shape index (κ3) is 2.53. The molecule has 0 fully saturated rings. The molecule has 0 spiro atoms. The molecular formula is C9H8Br2N4OS. The van der Waals surface area contributed by atoms with E-state index in [0.717, 1.165) is 13.3 Å². The average molecular weight is 380 g/mol. The summed E-state index contributed by atoms with van der Waals surface area (Å²) < 4.78 is 1.63. The Labute approximate surface area is 118 Å². The molecule has 0 atom stereocenters. The third-order valence-electron chi connectivity index (χ3n) is 2.13. The minimum absolute atomic E-state index is 0.253. The van der Waals surface area contributed by atoms with E-state index in [-0.39, 0.29) is 5.91 Å². The summed E-state index contributed by atoms with van der Waals surface area (Å²) in [6, 6.07) is 1.74. The first-order valence-electron chi connectivity index (χ1n) is 4.55. The number of nitrogens with zero attached hydrogens (tertiary/aromatic N) is 1. The van der Waals surface area contributed by atoms with Gasteiger partial charge in [-0.3, -0.25) is 9.89 Å². The van der Waals surface area contributed by atoms with Crippen LogP contribution in [0.4, 0.5) is 11.5 Å². The van der Waals surface area contributed by atoms with E-state index < -0.39 is 0 Å². The number of nitrogens with two attached hydrogens (primary N) is 1. The number of amides is 1. The second-order valence-electron chi connectivity index (χ2n) is 3.30. The van der Waals surface area contributed by atoms with Gasteiger partial charge in [-0.15, -0.1) is 11.3 Å². The number of rotatable bonds is 2. The third-order valence-corrected chi connectivity index (χ3v) is 4.47. The Hall–Kier alpha value is -0.860. The van der Waals surface area contributed by atoms with Crippen LogP contribution >= 0.6 is 43.2 Å². The molecule has 8 heteroatoms.